The summed E-state index contributed by atoms with van der Waals surface area (Å²) in [5.74, 6) is 0.428. The lowest BCUT2D eigenvalue weighted by molar-refractivity contribution is -0.0763. The van der Waals surface area contributed by atoms with Gasteiger partial charge in [-0.1, -0.05) is 6.07 Å². The summed E-state index contributed by atoms with van der Waals surface area (Å²) < 4.78 is 31.4. The van der Waals surface area contributed by atoms with Crippen LogP contribution in [0.25, 0.3) is 4.85 Å². The maximum atomic E-state index is 12.2. The molecule has 0 saturated heterocycles. The Labute approximate surface area is 131 Å². The van der Waals surface area contributed by atoms with E-state index in [-0.39, 0.29) is 5.75 Å². The second-order valence-electron chi connectivity index (χ2n) is 5.85. The second-order valence-corrected chi connectivity index (χ2v) is 8.16. The number of aliphatic hydroxyl groups excluding tert-OH is 1. The summed E-state index contributed by atoms with van der Waals surface area (Å²) in [4.78, 5) is 3.36. The molecule has 120 valence electrons. The highest BCUT2D eigenvalue weighted by Crippen LogP contribution is 2.44. The third-order valence-electron chi connectivity index (χ3n) is 4.02. The summed E-state index contributed by atoms with van der Waals surface area (Å²) in [5.41, 5.74) is -0.0455. The van der Waals surface area contributed by atoms with E-state index in [9.17, 15) is 13.5 Å². The Bertz CT molecular complexity index is 722. The first-order valence-electron chi connectivity index (χ1n) is 6.98. The zero-order valence-corrected chi connectivity index (χ0v) is 13.9. The van der Waals surface area contributed by atoms with Crippen molar-refractivity contribution >= 4 is 15.7 Å². The predicted molar refractivity (Wildman–Crippen MR) is 83.4 cm³/mol. The number of hydrogen-bond donors (Lipinski definition) is 1. The highest BCUT2D eigenvalue weighted by molar-refractivity contribution is 7.89. The van der Waals surface area contributed by atoms with Crippen molar-refractivity contribution in [2.24, 2.45) is 0 Å². The molecule has 0 fully saturated rings. The van der Waals surface area contributed by atoms with Gasteiger partial charge in [-0.15, -0.1) is 0 Å². The number of benzene rings is 1. The largest absolute Gasteiger partial charge is 0.485 e. The topological polar surface area (TPSA) is 71.2 Å². The molecule has 0 radical (unpaired) electrons. The van der Waals surface area contributed by atoms with Gasteiger partial charge in [-0.05, 0) is 32.9 Å². The molecule has 0 bridgehead atoms. The SMILES string of the molecule is [C-]#[N+]c1ccc2c(c1)[C@H](N(C)S(=O)(=O)CC)C(O)C(C)(C)O2. The third-order valence-corrected chi connectivity index (χ3v) is 5.86. The number of ether oxygens (including phenoxy) is 1. The minimum absolute atomic E-state index is 0.0636. The van der Waals surface area contributed by atoms with Gasteiger partial charge in [-0.25, -0.2) is 13.3 Å². The first-order valence-corrected chi connectivity index (χ1v) is 8.59. The Morgan fingerprint density at radius 3 is 2.64 bits per heavy atom. The summed E-state index contributed by atoms with van der Waals surface area (Å²) in [5, 5.41) is 10.6. The van der Waals surface area contributed by atoms with Crippen molar-refractivity contribution < 1.29 is 18.3 Å². The molecule has 1 N–H and O–H groups in total. The molecule has 1 unspecified atom stereocenters. The number of aliphatic hydroxyl groups is 1. The molecule has 1 aliphatic rings. The number of sulfonamides is 1. The molecule has 1 heterocycles. The molecule has 1 aromatic carbocycles. The van der Waals surface area contributed by atoms with Gasteiger partial charge in [0.2, 0.25) is 10.0 Å². The Morgan fingerprint density at radius 2 is 2.09 bits per heavy atom. The van der Waals surface area contributed by atoms with Crippen molar-refractivity contribution in [3.8, 4) is 5.75 Å². The van der Waals surface area contributed by atoms with Gasteiger partial charge in [-0.3, -0.25) is 0 Å². The number of hydrogen-bond acceptors (Lipinski definition) is 4. The van der Waals surface area contributed by atoms with Crippen molar-refractivity contribution in [2.75, 3.05) is 12.8 Å². The van der Waals surface area contributed by atoms with Gasteiger partial charge < -0.3 is 9.84 Å². The van der Waals surface area contributed by atoms with Crippen LogP contribution in [0.4, 0.5) is 5.69 Å². The van der Waals surface area contributed by atoms with Gasteiger partial charge in [0.1, 0.15) is 17.5 Å². The predicted octanol–water partition coefficient (Wildman–Crippen LogP) is 2.09. The van der Waals surface area contributed by atoms with Gasteiger partial charge in [0.05, 0.1) is 18.4 Å². The fraction of sp³-hybridized carbons (Fsp3) is 0.533. The maximum absolute atomic E-state index is 12.2. The van der Waals surface area contributed by atoms with Crippen molar-refractivity contribution in [3.63, 3.8) is 0 Å². The van der Waals surface area contributed by atoms with E-state index in [2.05, 4.69) is 4.85 Å². The molecule has 0 amide bonds. The Morgan fingerprint density at radius 1 is 1.45 bits per heavy atom. The number of nitrogens with zero attached hydrogens (tertiary/aromatic N) is 2. The van der Waals surface area contributed by atoms with Gasteiger partial charge in [0.25, 0.3) is 0 Å². The minimum atomic E-state index is -3.50. The van der Waals surface area contributed by atoms with Crippen LogP contribution in [-0.4, -0.2) is 42.3 Å². The molecule has 0 spiro atoms. The van der Waals surface area contributed by atoms with Crippen LogP contribution < -0.4 is 4.74 Å². The van der Waals surface area contributed by atoms with E-state index < -0.39 is 27.8 Å². The van der Waals surface area contributed by atoms with E-state index in [4.69, 9.17) is 11.3 Å². The van der Waals surface area contributed by atoms with Crippen LogP contribution in [0.1, 0.15) is 32.4 Å². The summed E-state index contributed by atoms with van der Waals surface area (Å²) in [7, 11) is -2.06. The molecule has 1 aliphatic heterocycles. The van der Waals surface area contributed by atoms with E-state index in [1.807, 2.05) is 0 Å². The van der Waals surface area contributed by atoms with Gasteiger partial charge in [0, 0.05) is 12.6 Å². The van der Waals surface area contributed by atoms with E-state index in [1.165, 1.54) is 11.4 Å². The molecule has 2 rings (SSSR count). The number of fused-ring (bicyclic) bond motifs is 1. The highest BCUT2D eigenvalue weighted by Gasteiger charge is 2.46. The zero-order valence-electron chi connectivity index (χ0n) is 13.1. The fourth-order valence-electron chi connectivity index (χ4n) is 2.59. The molecule has 6 nitrogen and oxygen atoms in total. The Kier molecular flexibility index (Phi) is 4.22. The first kappa shape index (κ1) is 16.7. The van der Waals surface area contributed by atoms with E-state index >= 15 is 0 Å². The van der Waals surface area contributed by atoms with Crippen LogP contribution in [0, 0.1) is 6.57 Å². The number of rotatable bonds is 3. The molecule has 22 heavy (non-hydrogen) atoms. The standard InChI is InChI=1S/C15H20N2O4S/c1-6-22(19,20)17(5)13-11-9-10(16-4)7-8-12(11)21-15(2,3)14(13)18/h7-9,13-14,18H,6H2,1-3,5H3/t13-,14?/m0/s1. The molecule has 7 heteroatoms. The average molecular weight is 324 g/mol. The van der Waals surface area contributed by atoms with Crippen LogP contribution in [-0.2, 0) is 10.0 Å². The molecule has 0 aliphatic carbocycles. The maximum Gasteiger partial charge on any atom is 0.214 e. The molecule has 1 aromatic rings. The summed E-state index contributed by atoms with van der Waals surface area (Å²) in [6.45, 7) is 12.1. The lowest BCUT2D eigenvalue weighted by Gasteiger charge is -2.44. The highest BCUT2D eigenvalue weighted by atomic mass is 32.2. The van der Waals surface area contributed by atoms with Gasteiger partial charge in [-0.2, -0.15) is 4.31 Å². The summed E-state index contributed by atoms with van der Waals surface area (Å²) >= 11 is 0. The minimum Gasteiger partial charge on any atom is -0.485 e. The van der Waals surface area contributed by atoms with E-state index in [0.29, 0.717) is 17.0 Å². The molecular formula is C15H20N2O4S. The monoisotopic (exact) mass is 324 g/mol. The van der Waals surface area contributed by atoms with Crippen molar-refractivity contribution in [1.29, 1.82) is 0 Å². The molecule has 2 atom stereocenters. The number of likely N-dealkylation sites (N-methyl/N-ethyl adjacent to an activating group) is 1. The van der Waals surface area contributed by atoms with Crippen molar-refractivity contribution in [3.05, 3.63) is 35.2 Å². The van der Waals surface area contributed by atoms with Crippen molar-refractivity contribution in [1.82, 2.24) is 4.31 Å². The second kappa shape index (κ2) is 5.54. The van der Waals surface area contributed by atoms with Gasteiger partial charge in [0.15, 0.2) is 5.69 Å². The van der Waals surface area contributed by atoms with Crippen LogP contribution in [0.15, 0.2) is 18.2 Å². The lowest BCUT2D eigenvalue weighted by atomic mass is 9.86. The smallest absolute Gasteiger partial charge is 0.214 e. The molecule has 0 aromatic heterocycles. The first-order chi connectivity index (χ1) is 10.1. The van der Waals surface area contributed by atoms with Crippen LogP contribution in [0.5, 0.6) is 5.75 Å². The Hall–Kier alpha value is -1.62. The van der Waals surface area contributed by atoms with Crippen LogP contribution in [0.2, 0.25) is 0 Å². The summed E-state index contributed by atoms with van der Waals surface area (Å²) in [6, 6.07) is 4.05. The lowest BCUT2D eigenvalue weighted by Crippen LogP contribution is -2.54. The van der Waals surface area contributed by atoms with Gasteiger partial charge >= 0.3 is 0 Å². The van der Waals surface area contributed by atoms with Crippen LogP contribution in [0.3, 0.4) is 0 Å². The fourth-order valence-corrected chi connectivity index (χ4v) is 3.58. The summed E-state index contributed by atoms with van der Waals surface area (Å²) in [6.07, 6.45) is -1.05. The average Bonchev–Trinajstić information content (AvgIpc) is 2.47. The zero-order chi connectivity index (χ0) is 16.7. The van der Waals surface area contributed by atoms with E-state index in [1.54, 1.807) is 39.0 Å². The third kappa shape index (κ3) is 2.70. The normalized spacial score (nSPS) is 23.5. The van der Waals surface area contributed by atoms with Crippen LogP contribution >= 0.6 is 0 Å². The molecular weight excluding hydrogens is 304 g/mol. The quantitative estimate of drug-likeness (QED) is 0.864. The van der Waals surface area contributed by atoms with Crippen molar-refractivity contribution in [2.45, 2.75) is 38.5 Å². The molecule has 0 saturated carbocycles. The van der Waals surface area contributed by atoms with E-state index in [0.717, 1.165) is 0 Å². The Balaban J connectivity index is 2.64.